The van der Waals surface area contributed by atoms with Crippen molar-refractivity contribution in [2.45, 2.75) is 71.5 Å². The molecule has 6 nitrogen and oxygen atoms in total. The van der Waals surface area contributed by atoms with E-state index in [9.17, 15) is 27.9 Å². The Morgan fingerprint density at radius 2 is 1.73 bits per heavy atom. The molecule has 1 amide bonds. The van der Waals surface area contributed by atoms with E-state index in [0.717, 1.165) is 22.5 Å². The average Bonchev–Trinajstić information content (AvgIpc) is 3.09. The van der Waals surface area contributed by atoms with Gasteiger partial charge >= 0.3 is 12.1 Å². The second-order valence-electron chi connectivity index (χ2n) is 8.58. The van der Waals surface area contributed by atoms with Gasteiger partial charge in [-0.05, 0) is 56.2 Å². The van der Waals surface area contributed by atoms with Crippen LogP contribution in [0.2, 0.25) is 0 Å². The van der Waals surface area contributed by atoms with E-state index in [1.54, 1.807) is 12.1 Å². The lowest BCUT2D eigenvalue weighted by molar-refractivity contribution is -0.184. The molecule has 1 fully saturated rings. The minimum absolute atomic E-state index is 0.00618. The molecule has 33 heavy (non-hydrogen) atoms. The first kappa shape index (κ1) is 24.8. The molecule has 0 atom stereocenters. The Kier molecular flexibility index (Phi) is 7.81. The zero-order chi connectivity index (χ0) is 24.2. The van der Waals surface area contributed by atoms with Gasteiger partial charge in [0.25, 0.3) is 0 Å². The highest BCUT2D eigenvalue weighted by atomic mass is 19.4. The van der Waals surface area contributed by atoms with Crippen LogP contribution in [0.25, 0.3) is 0 Å². The molecular weight excluding hydrogens is 435 g/mol. The Morgan fingerprint density at radius 1 is 1.09 bits per heavy atom. The third-order valence-electron chi connectivity index (χ3n) is 6.36. The van der Waals surface area contributed by atoms with Crippen molar-refractivity contribution >= 4 is 17.6 Å². The number of rotatable bonds is 8. The Morgan fingerprint density at radius 3 is 2.24 bits per heavy atom. The van der Waals surface area contributed by atoms with Gasteiger partial charge in [-0.2, -0.15) is 18.3 Å². The summed E-state index contributed by atoms with van der Waals surface area (Å²) in [7, 11) is 0. The van der Waals surface area contributed by atoms with E-state index < -0.39 is 24.0 Å². The smallest absolute Gasteiger partial charge is 0.391 e. The number of carboxylic acid groups (broad SMARTS) is 1. The summed E-state index contributed by atoms with van der Waals surface area (Å²) in [5, 5.41) is 16.7. The molecule has 0 bridgehead atoms. The molecule has 1 heterocycles. The van der Waals surface area contributed by atoms with E-state index in [1.165, 1.54) is 0 Å². The molecule has 0 saturated heterocycles. The summed E-state index contributed by atoms with van der Waals surface area (Å²) in [6.07, 6.45) is -2.45. The molecule has 1 saturated carbocycles. The molecule has 1 aliphatic rings. The number of benzene rings is 1. The highest BCUT2D eigenvalue weighted by Crippen LogP contribution is 2.39. The van der Waals surface area contributed by atoms with Crippen LogP contribution in [-0.4, -0.2) is 32.9 Å². The van der Waals surface area contributed by atoms with Crippen molar-refractivity contribution in [2.75, 3.05) is 5.32 Å². The van der Waals surface area contributed by atoms with Crippen molar-refractivity contribution in [3.8, 4) is 0 Å². The van der Waals surface area contributed by atoms with Gasteiger partial charge in [-0.25, -0.2) is 0 Å². The summed E-state index contributed by atoms with van der Waals surface area (Å²) >= 11 is 0. The first-order valence-corrected chi connectivity index (χ1v) is 11.4. The Labute approximate surface area is 191 Å². The SMILES string of the molecule is CCc1nn(Cc2ccc(NC(=O)[C@H]3CC[C@@H](C(F)(F)F)CC3)cc2)c(CC)c1CC(=O)O. The van der Waals surface area contributed by atoms with E-state index >= 15 is 0 Å². The van der Waals surface area contributed by atoms with Crippen LogP contribution in [0.5, 0.6) is 0 Å². The second-order valence-corrected chi connectivity index (χ2v) is 8.58. The number of carbonyl (C=O) groups excluding carboxylic acids is 1. The molecule has 0 radical (unpaired) electrons. The lowest BCUT2D eigenvalue weighted by Gasteiger charge is -2.29. The molecule has 0 aliphatic heterocycles. The molecule has 1 aliphatic carbocycles. The number of alkyl halides is 3. The summed E-state index contributed by atoms with van der Waals surface area (Å²) in [5.74, 6) is -2.83. The number of carboxylic acids is 1. The monoisotopic (exact) mass is 465 g/mol. The van der Waals surface area contributed by atoms with E-state index in [1.807, 2.05) is 30.7 Å². The topological polar surface area (TPSA) is 84.2 Å². The number of amides is 1. The third kappa shape index (κ3) is 6.15. The lowest BCUT2D eigenvalue weighted by Crippen LogP contribution is -2.32. The number of hydrogen-bond donors (Lipinski definition) is 2. The van der Waals surface area contributed by atoms with Crippen LogP contribution in [0, 0.1) is 11.8 Å². The number of aromatic nitrogens is 2. The number of nitrogens with zero attached hydrogens (tertiary/aromatic N) is 2. The molecular formula is C24H30F3N3O3. The number of aliphatic carboxylic acids is 1. The third-order valence-corrected chi connectivity index (χ3v) is 6.36. The van der Waals surface area contributed by atoms with Gasteiger partial charge < -0.3 is 10.4 Å². The van der Waals surface area contributed by atoms with Crippen LogP contribution in [0.1, 0.15) is 62.0 Å². The maximum Gasteiger partial charge on any atom is 0.391 e. The molecule has 1 aromatic carbocycles. The zero-order valence-electron chi connectivity index (χ0n) is 18.9. The van der Waals surface area contributed by atoms with Crippen LogP contribution in [0.15, 0.2) is 24.3 Å². The van der Waals surface area contributed by atoms with Gasteiger partial charge in [0.15, 0.2) is 0 Å². The molecule has 3 rings (SSSR count). The van der Waals surface area contributed by atoms with Crippen molar-refractivity contribution in [2.24, 2.45) is 11.8 Å². The Bertz CT molecular complexity index is 975. The first-order valence-electron chi connectivity index (χ1n) is 11.4. The predicted molar refractivity (Wildman–Crippen MR) is 118 cm³/mol. The van der Waals surface area contributed by atoms with Crippen LogP contribution in [0.3, 0.4) is 0 Å². The molecule has 2 aromatic rings. The highest BCUT2D eigenvalue weighted by molar-refractivity contribution is 5.92. The van der Waals surface area contributed by atoms with Crippen LogP contribution < -0.4 is 5.32 Å². The van der Waals surface area contributed by atoms with Crippen LogP contribution in [0.4, 0.5) is 18.9 Å². The molecule has 0 unspecified atom stereocenters. The molecule has 1 aromatic heterocycles. The number of nitrogens with one attached hydrogen (secondary N) is 1. The molecule has 180 valence electrons. The van der Waals surface area contributed by atoms with Gasteiger partial charge in [-0.3, -0.25) is 14.3 Å². The fourth-order valence-corrected chi connectivity index (χ4v) is 4.55. The Balaban J connectivity index is 1.63. The number of halogens is 3. The van der Waals surface area contributed by atoms with Gasteiger partial charge in [-0.15, -0.1) is 0 Å². The van der Waals surface area contributed by atoms with Crippen LogP contribution in [-0.2, 0) is 35.4 Å². The van der Waals surface area contributed by atoms with Crippen molar-refractivity contribution in [3.63, 3.8) is 0 Å². The number of aryl methyl sites for hydroxylation is 1. The molecule has 2 N–H and O–H groups in total. The second kappa shape index (κ2) is 10.4. The first-order chi connectivity index (χ1) is 15.6. The van der Waals surface area contributed by atoms with Crippen molar-refractivity contribution in [1.82, 2.24) is 9.78 Å². The van der Waals surface area contributed by atoms with Crippen molar-refractivity contribution in [1.29, 1.82) is 0 Å². The van der Waals surface area contributed by atoms with Crippen LogP contribution >= 0.6 is 0 Å². The number of anilines is 1. The number of carbonyl (C=O) groups is 2. The summed E-state index contributed by atoms with van der Waals surface area (Å²) in [6, 6.07) is 7.25. The van der Waals surface area contributed by atoms with Gasteiger partial charge in [-0.1, -0.05) is 26.0 Å². The molecule has 0 spiro atoms. The van der Waals surface area contributed by atoms with Gasteiger partial charge in [0.05, 0.1) is 24.6 Å². The van der Waals surface area contributed by atoms with E-state index in [2.05, 4.69) is 10.4 Å². The van der Waals surface area contributed by atoms with Gasteiger partial charge in [0, 0.05) is 22.9 Å². The lowest BCUT2D eigenvalue weighted by atomic mass is 9.81. The summed E-state index contributed by atoms with van der Waals surface area (Å²) in [6.45, 7) is 4.40. The maximum absolute atomic E-state index is 12.8. The van der Waals surface area contributed by atoms with E-state index in [-0.39, 0.29) is 38.0 Å². The summed E-state index contributed by atoms with van der Waals surface area (Å²) < 4.78 is 40.3. The maximum atomic E-state index is 12.8. The largest absolute Gasteiger partial charge is 0.481 e. The zero-order valence-corrected chi connectivity index (χ0v) is 18.9. The average molecular weight is 466 g/mol. The van der Waals surface area contributed by atoms with Crippen molar-refractivity contribution in [3.05, 3.63) is 46.8 Å². The summed E-state index contributed by atoms with van der Waals surface area (Å²) in [4.78, 5) is 23.7. The normalized spacial score (nSPS) is 18.8. The highest BCUT2D eigenvalue weighted by Gasteiger charge is 2.42. The van der Waals surface area contributed by atoms with E-state index in [4.69, 9.17) is 0 Å². The Hall–Kier alpha value is -2.84. The molecule has 9 heteroatoms. The standard InChI is InChI=1S/C24H30F3N3O3/c1-3-20-19(13-22(31)32)21(4-2)30(29-20)14-15-5-11-18(12-6-15)28-23(33)16-7-9-17(10-8-16)24(25,26)27/h5-6,11-12,16-17H,3-4,7-10,13-14H2,1-2H3,(H,28,33)(H,31,32)/t16-,17+. The fourth-order valence-electron chi connectivity index (χ4n) is 4.55. The van der Waals surface area contributed by atoms with E-state index in [0.29, 0.717) is 25.1 Å². The number of hydrogen-bond acceptors (Lipinski definition) is 3. The summed E-state index contributed by atoms with van der Waals surface area (Å²) in [5.41, 5.74) is 4.01. The van der Waals surface area contributed by atoms with Gasteiger partial charge in [0.1, 0.15) is 0 Å². The fraction of sp³-hybridized carbons (Fsp3) is 0.542. The van der Waals surface area contributed by atoms with Gasteiger partial charge in [0.2, 0.25) is 5.91 Å². The van der Waals surface area contributed by atoms with Crippen molar-refractivity contribution < 1.29 is 27.9 Å². The minimum atomic E-state index is -4.18. The quantitative estimate of drug-likeness (QED) is 0.575. The minimum Gasteiger partial charge on any atom is -0.481 e. The predicted octanol–water partition coefficient (Wildman–Crippen LogP) is 4.99.